The minimum atomic E-state index is -2.15. The van der Waals surface area contributed by atoms with Gasteiger partial charge in [0.15, 0.2) is 11.6 Å². The molecule has 1 amide bonds. The van der Waals surface area contributed by atoms with E-state index in [1.54, 1.807) is 59.4 Å². The quantitative estimate of drug-likeness (QED) is 0.484. The molecule has 1 saturated carbocycles. The first-order chi connectivity index (χ1) is 13.1. The van der Waals surface area contributed by atoms with E-state index in [1.165, 1.54) is 0 Å². The summed E-state index contributed by atoms with van der Waals surface area (Å²) in [5.41, 5.74) is -4.14. The molecule has 0 radical (unpaired) electrons. The Morgan fingerprint density at radius 2 is 1.66 bits per heavy atom. The molecule has 2 fully saturated rings. The number of rotatable bonds is 0. The summed E-state index contributed by atoms with van der Waals surface area (Å²) in [4.78, 5) is 50.8. The molecule has 0 aromatic rings. The molecule has 1 spiro atoms. The van der Waals surface area contributed by atoms with Crippen molar-refractivity contribution >= 4 is 17.7 Å². The minimum absolute atomic E-state index is 0.0454. The van der Waals surface area contributed by atoms with Crippen LogP contribution < -0.4 is 0 Å². The summed E-state index contributed by atoms with van der Waals surface area (Å²) in [5, 5.41) is 11.1. The van der Waals surface area contributed by atoms with Gasteiger partial charge in [-0.1, -0.05) is 0 Å². The van der Waals surface area contributed by atoms with Crippen LogP contribution >= 0.6 is 0 Å². The van der Waals surface area contributed by atoms with E-state index >= 15 is 0 Å². The fraction of sp³-hybridized carbons (Fsp3) is 0.762. The number of ketones is 2. The van der Waals surface area contributed by atoms with Crippen LogP contribution in [0, 0.1) is 10.8 Å². The largest absolute Gasteiger partial charge is 0.444 e. The van der Waals surface area contributed by atoms with Gasteiger partial charge < -0.3 is 14.7 Å². The lowest BCUT2D eigenvalue weighted by Crippen LogP contribution is -2.67. The smallest absolute Gasteiger partial charge is 0.410 e. The van der Waals surface area contributed by atoms with E-state index in [1.807, 2.05) is 0 Å². The molecule has 29 heavy (non-hydrogen) atoms. The van der Waals surface area contributed by atoms with Crippen molar-refractivity contribution in [2.75, 3.05) is 13.1 Å². The molecule has 8 nitrogen and oxygen atoms in total. The number of nitrogens with zero attached hydrogens (tertiary/aromatic N) is 1. The predicted molar refractivity (Wildman–Crippen MR) is 103 cm³/mol. The van der Waals surface area contributed by atoms with Gasteiger partial charge in [0, 0.05) is 25.9 Å². The fourth-order valence-electron chi connectivity index (χ4n) is 4.23. The molecule has 1 atom stereocenters. The average molecular weight is 409 g/mol. The van der Waals surface area contributed by atoms with Gasteiger partial charge in [-0.25, -0.2) is 9.68 Å². The number of carbonyl (C=O) groups excluding carboxylic acids is 3. The number of hydrogen-bond acceptors (Lipinski definition) is 7. The minimum Gasteiger partial charge on any atom is -0.444 e. The number of piperidine rings is 1. The lowest BCUT2D eigenvalue weighted by atomic mass is 9.57. The third-order valence-corrected chi connectivity index (χ3v) is 6.16. The van der Waals surface area contributed by atoms with E-state index in [0.717, 1.165) is 0 Å². The Balaban J connectivity index is 1.87. The summed E-state index contributed by atoms with van der Waals surface area (Å²) >= 11 is 0. The standard InChI is InChI=1S/C21H31NO7/c1-17(2,3)27-16(25)22-10-8-20(9-11-22)12-13-14(23)18(4,5)15(24)19(6,7)21(13,26)29-28-20/h12,26H,8-11H2,1-7H3. The first-order valence-electron chi connectivity index (χ1n) is 9.96. The van der Waals surface area contributed by atoms with Gasteiger partial charge in [-0.3, -0.25) is 9.59 Å². The Hall–Kier alpha value is -1.77. The Labute approximate surface area is 171 Å². The summed E-state index contributed by atoms with van der Waals surface area (Å²) in [6.07, 6.45) is 1.93. The van der Waals surface area contributed by atoms with Gasteiger partial charge in [-0.2, -0.15) is 4.89 Å². The monoisotopic (exact) mass is 409 g/mol. The normalized spacial score (nSPS) is 30.6. The fourth-order valence-corrected chi connectivity index (χ4v) is 4.23. The second-order valence-electron chi connectivity index (χ2n) is 10.3. The highest BCUT2D eigenvalue weighted by Gasteiger charge is 2.68. The Morgan fingerprint density at radius 3 is 2.17 bits per heavy atom. The maximum atomic E-state index is 13.1. The SMILES string of the molecule is CC(C)(C)OC(=O)N1CCC2(C=C3C(=O)C(C)(C)C(=O)C(C)(C)C3(O)OO2)CC1. The summed E-state index contributed by atoms with van der Waals surface area (Å²) < 4.78 is 5.41. The predicted octanol–water partition coefficient (Wildman–Crippen LogP) is 2.54. The van der Waals surface area contributed by atoms with Crippen LogP contribution in [-0.2, 0) is 24.1 Å². The third kappa shape index (κ3) is 3.31. The van der Waals surface area contributed by atoms with E-state index in [2.05, 4.69) is 0 Å². The van der Waals surface area contributed by atoms with Crippen LogP contribution in [0.2, 0.25) is 0 Å². The molecule has 1 aliphatic carbocycles. The Kier molecular flexibility index (Phi) is 4.81. The van der Waals surface area contributed by atoms with Crippen molar-refractivity contribution in [2.45, 2.75) is 78.3 Å². The first-order valence-corrected chi connectivity index (χ1v) is 9.96. The molecule has 0 aromatic carbocycles. The van der Waals surface area contributed by atoms with Crippen molar-refractivity contribution in [3.05, 3.63) is 11.6 Å². The van der Waals surface area contributed by atoms with Crippen molar-refractivity contribution in [2.24, 2.45) is 10.8 Å². The van der Waals surface area contributed by atoms with Gasteiger partial charge >= 0.3 is 6.09 Å². The van der Waals surface area contributed by atoms with E-state index < -0.39 is 45.5 Å². The molecule has 0 aromatic heterocycles. The van der Waals surface area contributed by atoms with Crippen molar-refractivity contribution in [1.29, 1.82) is 0 Å². The van der Waals surface area contributed by atoms with Gasteiger partial charge in [-0.15, -0.1) is 0 Å². The first kappa shape index (κ1) is 21.9. The van der Waals surface area contributed by atoms with Crippen molar-refractivity contribution in [3.63, 3.8) is 0 Å². The third-order valence-electron chi connectivity index (χ3n) is 6.16. The Bertz CT molecular complexity index is 781. The van der Waals surface area contributed by atoms with Crippen LogP contribution in [0.15, 0.2) is 11.6 Å². The van der Waals surface area contributed by atoms with Crippen LogP contribution in [0.4, 0.5) is 4.79 Å². The highest BCUT2D eigenvalue weighted by atomic mass is 17.2. The second kappa shape index (κ2) is 6.36. The van der Waals surface area contributed by atoms with Crippen LogP contribution in [-0.4, -0.2) is 57.7 Å². The number of hydrogen-bond donors (Lipinski definition) is 1. The summed E-state index contributed by atoms with van der Waals surface area (Å²) in [7, 11) is 0. The van der Waals surface area contributed by atoms with Crippen LogP contribution in [0.3, 0.4) is 0 Å². The molecule has 2 aliphatic heterocycles. The summed E-state index contributed by atoms with van der Waals surface area (Å²) in [6, 6.07) is 0. The van der Waals surface area contributed by atoms with Gasteiger partial charge in [0.2, 0.25) is 5.79 Å². The van der Waals surface area contributed by atoms with Crippen LogP contribution in [0.5, 0.6) is 0 Å². The molecular formula is C21H31NO7. The summed E-state index contributed by atoms with van der Waals surface area (Å²) in [6.45, 7) is 12.3. The molecule has 8 heteroatoms. The van der Waals surface area contributed by atoms with Gasteiger partial charge in [0.05, 0.1) is 16.4 Å². The van der Waals surface area contributed by atoms with Crippen molar-refractivity contribution < 1.29 is 34.0 Å². The second-order valence-corrected chi connectivity index (χ2v) is 10.3. The number of aliphatic hydroxyl groups is 1. The molecule has 0 bridgehead atoms. The highest BCUT2D eigenvalue weighted by Crippen LogP contribution is 2.53. The molecule has 1 saturated heterocycles. The number of fused-ring (bicyclic) bond motifs is 1. The average Bonchev–Trinajstić information content (AvgIpc) is 2.60. The number of Topliss-reactive ketones (excluding diaryl/α,β-unsaturated/α-hetero) is 2. The lowest BCUT2D eigenvalue weighted by Gasteiger charge is -2.53. The van der Waals surface area contributed by atoms with Gasteiger partial charge in [-0.05, 0) is 54.5 Å². The molecular weight excluding hydrogens is 378 g/mol. The number of ether oxygens (including phenoxy) is 1. The molecule has 1 unspecified atom stereocenters. The zero-order valence-electron chi connectivity index (χ0n) is 18.2. The van der Waals surface area contributed by atoms with E-state index in [0.29, 0.717) is 25.9 Å². The highest BCUT2D eigenvalue weighted by molar-refractivity contribution is 6.19. The molecule has 2 heterocycles. The van der Waals surface area contributed by atoms with Gasteiger partial charge in [0.1, 0.15) is 11.2 Å². The van der Waals surface area contributed by atoms with E-state index in [9.17, 15) is 19.5 Å². The van der Waals surface area contributed by atoms with Gasteiger partial charge in [0.25, 0.3) is 0 Å². The molecule has 162 valence electrons. The Morgan fingerprint density at radius 1 is 1.10 bits per heavy atom. The molecule has 3 aliphatic rings. The zero-order valence-corrected chi connectivity index (χ0v) is 18.2. The maximum Gasteiger partial charge on any atom is 0.410 e. The van der Waals surface area contributed by atoms with E-state index in [-0.39, 0.29) is 5.57 Å². The number of carbonyl (C=O) groups is 3. The van der Waals surface area contributed by atoms with E-state index in [4.69, 9.17) is 14.5 Å². The lowest BCUT2D eigenvalue weighted by molar-refractivity contribution is -0.469. The van der Waals surface area contributed by atoms with Crippen LogP contribution in [0.1, 0.15) is 61.3 Å². The summed E-state index contributed by atoms with van der Waals surface area (Å²) in [5.74, 6) is -3.03. The topological polar surface area (TPSA) is 102 Å². The molecule has 1 N–H and O–H groups in total. The zero-order chi connectivity index (χ0) is 22.0. The maximum absolute atomic E-state index is 13.1. The van der Waals surface area contributed by atoms with Crippen molar-refractivity contribution in [3.8, 4) is 0 Å². The number of amides is 1. The molecule has 3 rings (SSSR count). The van der Waals surface area contributed by atoms with Crippen molar-refractivity contribution in [1.82, 2.24) is 4.90 Å². The van der Waals surface area contributed by atoms with Crippen LogP contribution in [0.25, 0.3) is 0 Å². The number of likely N-dealkylation sites (tertiary alicyclic amines) is 1.